The molecule has 8 nitrogen and oxygen atoms in total. The summed E-state index contributed by atoms with van der Waals surface area (Å²) in [6.45, 7) is 8.21. The second kappa shape index (κ2) is 10.3. The number of hydrogen-bond donors (Lipinski definition) is 1. The van der Waals surface area contributed by atoms with E-state index in [0.717, 1.165) is 5.56 Å². The summed E-state index contributed by atoms with van der Waals surface area (Å²) in [5.74, 6) is 0.740. The zero-order valence-electron chi connectivity index (χ0n) is 16.7. The number of rotatable bonds is 10. The molecule has 0 aliphatic heterocycles. The highest BCUT2D eigenvalue weighted by atomic mass is 16.5. The molecule has 0 bridgehead atoms. The van der Waals surface area contributed by atoms with Crippen LogP contribution < -0.4 is 14.8 Å². The number of nitrogens with zero attached hydrogens (tertiary/aromatic N) is 1. The van der Waals surface area contributed by atoms with Gasteiger partial charge in [-0.3, -0.25) is 4.79 Å². The Balaban J connectivity index is 1.80. The molecule has 0 atom stereocenters. The molecule has 2 aromatic rings. The van der Waals surface area contributed by atoms with Gasteiger partial charge in [-0.2, -0.15) is 0 Å². The molecule has 28 heavy (non-hydrogen) atoms. The van der Waals surface area contributed by atoms with Gasteiger partial charge >= 0.3 is 5.97 Å². The fourth-order valence-electron chi connectivity index (χ4n) is 2.63. The van der Waals surface area contributed by atoms with Crippen LogP contribution in [0, 0.1) is 13.8 Å². The molecule has 0 fully saturated rings. The van der Waals surface area contributed by atoms with Crippen LogP contribution in [0.1, 0.15) is 41.2 Å². The fourth-order valence-corrected chi connectivity index (χ4v) is 2.63. The quantitative estimate of drug-likeness (QED) is 0.622. The number of nitrogens with one attached hydrogen (secondary N) is 1. The predicted octanol–water partition coefficient (Wildman–Crippen LogP) is 2.60. The van der Waals surface area contributed by atoms with E-state index in [1.807, 2.05) is 32.0 Å². The maximum absolute atomic E-state index is 12.0. The largest absolute Gasteiger partial charge is 0.490 e. The van der Waals surface area contributed by atoms with Crippen molar-refractivity contribution in [3.8, 4) is 11.5 Å². The van der Waals surface area contributed by atoms with Crippen molar-refractivity contribution in [1.29, 1.82) is 0 Å². The minimum absolute atomic E-state index is 0.255. The Morgan fingerprint density at radius 3 is 2.46 bits per heavy atom. The van der Waals surface area contributed by atoms with Crippen LogP contribution in [0.25, 0.3) is 0 Å². The van der Waals surface area contributed by atoms with E-state index in [4.69, 9.17) is 18.7 Å². The Morgan fingerprint density at radius 1 is 1.11 bits per heavy atom. The van der Waals surface area contributed by atoms with Crippen LogP contribution in [0.4, 0.5) is 0 Å². The molecule has 1 N–H and O–H groups in total. The molecule has 1 heterocycles. The molecule has 2 rings (SSSR count). The van der Waals surface area contributed by atoms with E-state index in [-0.39, 0.29) is 18.1 Å². The van der Waals surface area contributed by atoms with Crippen LogP contribution in [0.3, 0.4) is 0 Å². The highest BCUT2D eigenvalue weighted by molar-refractivity contribution is 5.93. The van der Waals surface area contributed by atoms with Gasteiger partial charge in [0.05, 0.1) is 18.9 Å². The van der Waals surface area contributed by atoms with Crippen molar-refractivity contribution in [1.82, 2.24) is 10.5 Å². The van der Waals surface area contributed by atoms with E-state index in [0.29, 0.717) is 49.1 Å². The first-order valence-electron chi connectivity index (χ1n) is 9.21. The maximum Gasteiger partial charge on any atom is 0.344 e. The van der Waals surface area contributed by atoms with Gasteiger partial charge in [-0.1, -0.05) is 11.2 Å². The summed E-state index contributed by atoms with van der Waals surface area (Å²) in [4.78, 5) is 23.9. The van der Waals surface area contributed by atoms with Crippen LogP contribution in [-0.2, 0) is 16.0 Å². The number of aromatic nitrogens is 1. The van der Waals surface area contributed by atoms with Crippen molar-refractivity contribution in [2.75, 3.05) is 26.4 Å². The van der Waals surface area contributed by atoms with Crippen molar-refractivity contribution in [2.24, 2.45) is 0 Å². The summed E-state index contributed by atoms with van der Waals surface area (Å²) in [5, 5.41) is 6.41. The number of carbonyl (C=O) groups is 2. The maximum atomic E-state index is 12.0. The lowest BCUT2D eigenvalue weighted by Crippen LogP contribution is -2.30. The molecular weight excluding hydrogens is 364 g/mol. The lowest BCUT2D eigenvalue weighted by Gasteiger charge is -2.12. The second-order valence-electron chi connectivity index (χ2n) is 6.02. The lowest BCUT2D eigenvalue weighted by molar-refractivity contribution is -0.124. The van der Waals surface area contributed by atoms with Gasteiger partial charge in [-0.05, 0) is 51.8 Å². The summed E-state index contributed by atoms with van der Waals surface area (Å²) in [6.07, 6.45) is 0.607. The molecule has 0 saturated carbocycles. The van der Waals surface area contributed by atoms with E-state index in [2.05, 4.69) is 10.5 Å². The first kappa shape index (κ1) is 21.3. The summed E-state index contributed by atoms with van der Waals surface area (Å²) in [6, 6.07) is 5.69. The molecule has 0 saturated heterocycles. The predicted molar refractivity (Wildman–Crippen MR) is 102 cm³/mol. The van der Waals surface area contributed by atoms with Crippen LogP contribution in [0.15, 0.2) is 22.7 Å². The van der Waals surface area contributed by atoms with Crippen LogP contribution in [0.2, 0.25) is 0 Å². The Labute approximate surface area is 164 Å². The average Bonchev–Trinajstić information content (AvgIpc) is 3.00. The third-order valence-corrected chi connectivity index (χ3v) is 3.92. The summed E-state index contributed by atoms with van der Waals surface area (Å²) >= 11 is 0. The van der Waals surface area contributed by atoms with Gasteiger partial charge in [0, 0.05) is 6.54 Å². The number of hydrogen-bond acceptors (Lipinski definition) is 7. The van der Waals surface area contributed by atoms with E-state index in [1.54, 1.807) is 13.8 Å². The van der Waals surface area contributed by atoms with E-state index < -0.39 is 5.97 Å². The van der Waals surface area contributed by atoms with Crippen LogP contribution in [-0.4, -0.2) is 43.4 Å². The minimum atomic E-state index is -0.626. The Bertz CT molecular complexity index is 796. The van der Waals surface area contributed by atoms with Crippen LogP contribution in [0.5, 0.6) is 11.5 Å². The normalized spacial score (nSPS) is 10.4. The zero-order valence-corrected chi connectivity index (χ0v) is 16.7. The standard InChI is InChI=1S/C20H26N2O6/c1-5-25-16-8-7-15(11-17(16)26-6-2)9-10-21-18(23)12-27-20(24)19-13(3)22-28-14(19)4/h7-8,11H,5-6,9-10,12H2,1-4H3,(H,21,23). The van der Waals surface area contributed by atoms with Gasteiger partial charge in [0.25, 0.3) is 5.91 Å². The summed E-state index contributed by atoms with van der Waals surface area (Å²) < 4.78 is 21.1. The first-order chi connectivity index (χ1) is 13.5. The molecule has 0 unspecified atom stereocenters. The SMILES string of the molecule is CCOc1ccc(CCNC(=O)COC(=O)c2c(C)noc2C)cc1OCC. The van der Waals surface area contributed by atoms with Crippen molar-refractivity contribution in [3.05, 3.63) is 40.8 Å². The molecule has 1 aromatic carbocycles. The molecule has 152 valence electrons. The van der Waals surface area contributed by atoms with Crippen molar-refractivity contribution >= 4 is 11.9 Å². The molecule has 0 aliphatic carbocycles. The van der Waals surface area contributed by atoms with Crippen molar-refractivity contribution < 1.29 is 28.3 Å². The third kappa shape index (κ3) is 5.73. The number of carbonyl (C=O) groups excluding carboxylic acids is 2. The molecule has 1 amide bonds. The molecular formula is C20H26N2O6. The minimum Gasteiger partial charge on any atom is -0.490 e. The van der Waals surface area contributed by atoms with Crippen molar-refractivity contribution in [2.45, 2.75) is 34.1 Å². The van der Waals surface area contributed by atoms with Gasteiger partial charge in [0.1, 0.15) is 11.3 Å². The van der Waals surface area contributed by atoms with Crippen molar-refractivity contribution in [3.63, 3.8) is 0 Å². The number of benzene rings is 1. The van der Waals surface area contributed by atoms with E-state index >= 15 is 0 Å². The van der Waals surface area contributed by atoms with Gasteiger partial charge in [0.2, 0.25) is 0 Å². The Kier molecular flexibility index (Phi) is 7.86. The smallest absolute Gasteiger partial charge is 0.344 e. The number of ether oxygens (including phenoxy) is 3. The third-order valence-electron chi connectivity index (χ3n) is 3.92. The fraction of sp³-hybridized carbons (Fsp3) is 0.450. The number of amides is 1. The highest BCUT2D eigenvalue weighted by Crippen LogP contribution is 2.28. The number of aryl methyl sites for hydroxylation is 2. The average molecular weight is 390 g/mol. The first-order valence-corrected chi connectivity index (χ1v) is 9.21. The Hall–Kier alpha value is -3.03. The van der Waals surface area contributed by atoms with Crippen LogP contribution >= 0.6 is 0 Å². The summed E-state index contributed by atoms with van der Waals surface area (Å²) in [5.41, 5.74) is 1.69. The van der Waals surface area contributed by atoms with E-state index in [1.165, 1.54) is 0 Å². The number of esters is 1. The molecule has 8 heteroatoms. The summed E-state index contributed by atoms with van der Waals surface area (Å²) in [7, 11) is 0. The topological polar surface area (TPSA) is 99.9 Å². The van der Waals surface area contributed by atoms with Gasteiger partial charge < -0.3 is 24.1 Å². The highest BCUT2D eigenvalue weighted by Gasteiger charge is 2.19. The monoisotopic (exact) mass is 390 g/mol. The van der Waals surface area contributed by atoms with E-state index in [9.17, 15) is 9.59 Å². The van der Waals surface area contributed by atoms with Gasteiger partial charge in [-0.15, -0.1) is 0 Å². The lowest BCUT2D eigenvalue weighted by atomic mass is 10.1. The Morgan fingerprint density at radius 2 is 1.82 bits per heavy atom. The second-order valence-corrected chi connectivity index (χ2v) is 6.02. The molecule has 0 aliphatic rings. The molecule has 0 spiro atoms. The zero-order chi connectivity index (χ0) is 20.5. The van der Waals surface area contributed by atoms with Gasteiger partial charge in [-0.25, -0.2) is 4.79 Å². The molecule has 0 radical (unpaired) electrons. The molecule has 1 aromatic heterocycles. The van der Waals surface area contributed by atoms with Gasteiger partial charge in [0.15, 0.2) is 18.1 Å².